The predicted octanol–water partition coefficient (Wildman–Crippen LogP) is 4.55. The highest BCUT2D eigenvalue weighted by molar-refractivity contribution is 7.99. The first-order valence-electron chi connectivity index (χ1n) is 6.64. The van der Waals surface area contributed by atoms with Gasteiger partial charge in [-0.25, -0.2) is 0 Å². The van der Waals surface area contributed by atoms with Gasteiger partial charge in [0.2, 0.25) is 0 Å². The van der Waals surface area contributed by atoms with Crippen molar-refractivity contribution in [3.8, 4) is 5.75 Å². The van der Waals surface area contributed by atoms with Crippen LogP contribution < -0.4 is 4.74 Å². The third-order valence-corrected chi connectivity index (χ3v) is 4.63. The Balaban J connectivity index is 2.05. The predicted molar refractivity (Wildman–Crippen MR) is 84.7 cm³/mol. The lowest BCUT2D eigenvalue weighted by Gasteiger charge is -2.28. The summed E-state index contributed by atoms with van der Waals surface area (Å²) in [5.74, 6) is 2.79. The summed E-state index contributed by atoms with van der Waals surface area (Å²) in [4.78, 5) is 2.40. The molecule has 1 saturated heterocycles. The van der Waals surface area contributed by atoms with Gasteiger partial charge in [-0.15, -0.1) is 0 Å². The highest BCUT2D eigenvalue weighted by Crippen LogP contribution is 2.30. The summed E-state index contributed by atoms with van der Waals surface area (Å²) in [6.07, 6.45) is 2.61. The highest BCUT2D eigenvalue weighted by atomic mass is 35.5. The fraction of sp³-hybridized carbons (Fsp3) is 0.571. The maximum atomic E-state index is 6.18. The van der Waals surface area contributed by atoms with Crippen LogP contribution in [-0.2, 0) is 0 Å². The molecule has 0 aliphatic carbocycles. The summed E-state index contributed by atoms with van der Waals surface area (Å²) in [6, 6.07) is 5.40. The van der Waals surface area contributed by atoms with Crippen LogP contribution in [0.4, 0.5) is 0 Å². The number of halogens is 2. The van der Waals surface area contributed by atoms with Gasteiger partial charge >= 0.3 is 0 Å². The van der Waals surface area contributed by atoms with E-state index in [1.807, 2.05) is 23.9 Å². The van der Waals surface area contributed by atoms with Gasteiger partial charge in [0.05, 0.1) is 5.02 Å². The van der Waals surface area contributed by atoms with Gasteiger partial charge in [-0.1, -0.05) is 30.1 Å². The number of benzene rings is 1. The van der Waals surface area contributed by atoms with Crippen LogP contribution in [0.25, 0.3) is 0 Å². The minimum Gasteiger partial charge on any atom is -0.473 e. The Morgan fingerprint density at radius 2 is 2.05 bits per heavy atom. The number of thioether (sulfide) groups is 1. The molecule has 1 heterocycles. The van der Waals surface area contributed by atoms with Crippen LogP contribution in [0.15, 0.2) is 18.2 Å². The van der Waals surface area contributed by atoms with Crippen molar-refractivity contribution in [2.75, 3.05) is 24.6 Å². The zero-order valence-electron chi connectivity index (χ0n) is 11.1. The van der Waals surface area contributed by atoms with E-state index in [4.69, 9.17) is 27.9 Å². The SMILES string of the molecule is CCSC[C@@H](Oc1ccc(Cl)cc1Cl)N1CCCC1. The second-order valence-electron chi connectivity index (χ2n) is 4.55. The van der Waals surface area contributed by atoms with Gasteiger partial charge in [-0.2, -0.15) is 11.8 Å². The Kier molecular flexibility index (Phi) is 6.14. The first-order valence-corrected chi connectivity index (χ1v) is 8.55. The second-order valence-corrected chi connectivity index (χ2v) is 6.71. The molecule has 0 bridgehead atoms. The van der Waals surface area contributed by atoms with Crippen LogP contribution in [-0.4, -0.2) is 35.7 Å². The maximum absolute atomic E-state index is 6.18. The van der Waals surface area contributed by atoms with Gasteiger partial charge in [0.15, 0.2) is 6.23 Å². The molecule has 2 nitrogen and oxygen atoms in total. The van der Waals surface area contributed by atoms with E-state index in [1.165, 1.54) is 12.8 Å². The van der Waals surface area contributed by atoms with Gasteiger partial charge in [-0.05, 0) is 36.8 Å². The fourth-order valence-electron chi connectivity index (χ4n) is 2.18. The smallest absolute Gasteiger partial charge is 0.161 e. The van der Waals surface area contributed by atoms with Crippen molar-refractivity contribution in [2.45, 2.75) is 26.0 Å². The Bertz CT molecular complexity index is 410. The number of hydrogen-bond donors (Lipinski definition) is 0. The molecular formula is C14H19Cl2NOS. The summed E-state index contributed by atoms with van der Waals surface area (Å²) >= 11 is 14.0. The van der Waals surface area contributed by atoms with Crippen molar-refractivity contribution in [1.82, 2.24) is 4.90 Å². The van der Waals surface area contributed by atoms with Gasteiger partial charge in [0, 0.05) is 23.9 Å². The van der Waals surface area contributed by atoms with Gasteiger partial charge in [0.25, 0.3) is 0 Å². The van der Waals surface area contributed by atoms with Crippen LogP contribution in [0.5, 0.6) is 5.75 Å². The molecule has 0 aromatic heterocycles. The van der Waals surface area contributed by atoms with Crippen molar-refractivity contribution in [3.05, 3.63) is 28.2 Å². The molecule has 0 saturated carbocycles. The third-order valence-electron chi connectivity index (χ3n) is 3.17. The number of nitrogens with zero attached hydrogens (tertiary/aromatic N) is 1. The monoisotopic (exact) mass is 319 g/mol. The summed E-state index contributed by atoms with van der Waals surface area (Å²) in [5.41, 5.74) is 0. The molecule has 1 fully saturated rings. The summed E-state index contributed by atoms with van der Waals surface area (Å²) in [5, 5.41) is 1.22. The van der Waals surface area contributed by atoms with Crippen molar-refractivity contribution in [3.63, 3.8) is 0 Å². The first kappa shape index (κ1) is 15.3. The zero-order chi connectivity index (χ0) is 13.7. The van der Waals surface area contributed by atoms with Gasteiger partial charge in [0.1, 0.15) is 5.75 Å². The van der Waals surface area contributed by atoms with Crippen LogP contribution >= 0.6 is 35.0 Å². The van der Waals surface area contributed by atoms with Gasteiger partial charge < -0.3 is 4.74 Å². The molecule has 0 amide bonds. The molecule has 0 N–H and O–H groups in total. The lowest BCUT2D eigenvalue weighted by Crippen LogP contribution is -2.39. The average molecular weight is 320 g/mol. The number of rotatable bonds is 6. The number of ether oxygens (including phenoxy) is 1. The first-order chi connectivity index (χ1) is 9.20. The molecule has 0 unspecified atom stereocenters. The lowest BCUT2D eigenvalue weighted by molar-refractivity contribution is 0.0633. The third kappa shape index (κ3) is 4.45. The van der Waals surface area contributed by atoms with Crippen molar-refractivity contribution in [2.24, 2.45) is 0 Å². The van der Waals surface area contributed by atoms with E-state index in [0.29, 0.717) is 10.0 Å². The molecule has 106 valence electrons. The molecule has 19 heavy (non-hydrogen) atoms. The van der Waals surface area contributed by atoms with Crippen LogP contribution in [0.1, 0.15) is 19.8 Å². The second kappa shape index (κ2) is 7.63. The average Bonchev–Trinajstić information content (AvgIpc) is 2.90. The van der Waals surface area contributed by atoms with Gasteiger partial charge in [-0.3, -0.25) is 4.90 Å². The molecule has 1 aromatic carbocycles. The fourth-order valence-corrected chi connectivity index (χ4v) is 3.35. The van der Waals surface area contributed by atoms with E-state index in [1.54, 1.807) is 6.07 Å². The van der Waals surface area contributed by atoms with Crippen molar-refractivity contribution in [1.29, 1.82) is 0 Å². The molecule has 1 aliphatic rings. The summed E-state index contributed by atoms with van der Waals surface area (Å²) < 4.78 is 6.10. The van der Waals surface area contributed by atoms with Crippen molar-refractivity contribution < 1.29 is 4.74 Å². The summed E-state index contributed by atoms with van der Waals surface area (Å²) in [6.45, 7) is 4.39. The van der Waals surface area contributed by atoms with Crippen LogP contribution in [0.3, 0.4) is 0 Å². The molecule has 0 radical (unpaired) electrons. The topological polar surface area (TPSA) is 12.5 Å². The molecule has 0 spiro atoms. The quantitative estimate of drug-likeness (QED) is 0.763. The normalized spacial score (nSPS) is 17.6. The van der Waals surface area contributed by atoms with E-state index in [9.17, 15) is 0 Å². The maximum Gasteiger partial charge on any atom is 0.161 e. The summed E-state index contributed by atoms with van der Waals surface area (Å²) in [7, 11) is 0. The standard InChI is InChI=1S/C14H19Cl2NOS/c1-2-19-10-14(17-7-3-4-8-17)18-13-6-5-11(15)9-12(13)16/h5-6,9,14H,2-4,7-8,10H2,1H3/t14-/m1/s1. The molecule has 1 atom stereocenters. The van der Waals surface area contributed by atoms with Crippen LogP contribution in [0.2, 0.25) is 10.0 Å². The Morgan fingerprint density at radius 3 is 2.68 bits per heavy atom. The number of hydrogen-bond acceptors (Lipinski definition) is 3. The van der Waals surface area contributed by atoms with E-state index in [2.05, 4.69) is 11.8 Å². The highest BCUT2D eigenvalue weighted by Gasteiger charge is 2.23. The van der Waals surface area contributed by atoms with Crippen molar-refractivity contribution >= 4 is 35.0 Å². The minimum absolute atomic E-state index is 0.103. The molecule has 2 rings (SSSR count). The largest absolute Gasteiger partial charge is 0.473 e. The minimum atomic E-state index is 0.103. The molecule has 1 aliphatic heterocycles. The van der Waals surface area contributed by atoms with E-state index in [0.717, 1.165) is 30.3 Å². The van der Waals surface area contributed by atoms with E-state index in [-0.39, 0.29) is 6.23 Å². The Hall–Kier alpha value is -0.0900. The van der Waals surface area contributed by atoms with E-state index < -0.39 is 0 Å². The number of likely N-dealkylation sites (tertiary alicyclic amines) is 1. The molecule has 1 aromatic rings. The molecular weight excluding hydrogens is 301 g/mol. The Labute approximate surface area is 129 Å². The zero-order valence-corrected chi connectivity index (χ0v) is 13.4. The Morgan fingerprint density at radius 1 is 1.32 bits per heavy atom. The lowest BCUT2D eigenvalue weighted by atomic mass is 10.3. The van der Waals surface area contributed by atoms with E-state index >= 15 is 0 Å². The molecule has 5 heteroatoms. The van der Waals surface area contributed by atoms with Crippen LogP contribution in [0, 0.1) is 0 Å².